The molecule has 3 aliphatic rings. The number of hydrogen-bond donors (Lipinski definition) is 1. The van der Waals surface area contributed by atoms with Crippen molar-refractivity contribution in [2.45, 2.75) is 95.5 Å². The minimum atomic E-state index is -0.515. The lowest BCUT2D eigenvalue weighted by Gasteiger charge is -2.41. The zero-order valence-electron chi connectivity index (χ0n) is 28.4. The summed E-state index contributed by atoms with van der Waals surface area (Å²) in [7, 11) is 1.71. The number of nitrogens with zero attached hydrogens (tertiary/aromatic N) is 5. The summed E-state index contributed by atoms with van der Waals surface area (Å²) in [6.07, 6.45) is 2.32. The van der Waals surface area contributed by atoms with Crippen LogP contribution in [-0.4, -0.2) is 91.5 Å². The summed E-state index contributed by atoms with van der Waals surface area (Å²) < 4.78 is 12.9. The van der Waals surface area contributed by atoms with Gasteiger partial charge >= 0.3 is 6.09 Å². The molecule has 1 saturated heterocycles. The van der Waals surface area contributed by atoms with Gasteiger partial charge in [-0.25, -0.2) is 4.79 Å². The molecule has 0 atom stereocenters. The second kappa shape index (κ2) is 14.1. The first kappa shape index (κ1) is 35.3. The Labute approximate surface area is 277 Å². The molecule has 3 heterocycles. The number of hydrogen-bond acceptors (Lipinski definition) is 8. The largest absolute Gasteiger partial charge is 0.444 e. The maximum absolute atomic E-state index is 13.6. The van der Waals surface area contributed by atoms with Crippen LogP contribution in [0.3, 0.4) is 0 Å². The third-order valence-electron chi connectivity index (χ3n) is 7.96. The van der Waals surface area contributed by atoms with E-state index >= 15 is 0 Å². The summed E-state index contributed by atoms with van der Waals surface area (Å²) in [5, 5.41) is 16.3. The average Bonchev–Trinajstić information content (AvgIpc) is 3.63. The van der Waals surface area contributed by atoms with Gasteiger partial charge in [-0.2, -0.15) is 10.4 Å². The molecule has 0 radical (unpaired) electrons. The van der Waals surface area contributed by atoms with E-state index in [9.17, 15) is 14.4 Å². The van der Waals surface area contributed by atoms with Crippen molar-refractivity contribution in [1.82, 2.24) is 24.9 Å². The van der Waals surface area contributed by atoms with Gasteiger partial charge in [0.2, 0.25) is 0 Å². The van der Waals surface area contributed by atoms with Crippen molar-refractivity contribution < 1.29 is 23.9 Å². The standard InChI is InChI=1S/C32H42N6O5S.C2H6/c1-30(2,3)43-29(41)38-17-23(18-38)42-20-31(4,5)44-32(12-13-32)19-37-14-11-24-25(35-36(6)26(24)28(37)40)27(39)34-16-22-9-7-21(15-33)8-10-22;1-2/h7-10,23H,11-14,16-20H2,1-6H3,(H,34,39);1-2H3. The van der Waals surface area contributed by atoms with Gasteiger partial charge in [0, 0.05) is 41.7 Å². The number of fused-ring (bicyclic) bond motifs is 1. The predicted octanol–water partition coefficient (Wildman–Crippen LogP) is 4.93. The van der Waals surface area contributed by atoms with E-state index in [1.165, 1.54) is 4.68 Å². The van der Waals surface area contributed by atoms with Gasteiger partial charge in [-0.3, -0.25) is 14.3 Å². The van der Waals surface area contributed by atoms with Crippen LogP contribution < -0.4 is 5.32 Å². The van der Waals surface area contributed by atoms with Crippen molar-refractivity contribution in [3.63, 3.8) is 0 Å². The lowest BCUT2D eigenvalue weighted by molar-refractivity contribution is -0.0664. The Hall–Kier alpha value is -3.56. The van der Waals surface area contributed by atoms with Gasteiger partial charge < -0.3 is 24.6 Å². The number of likely N-dealkylation sites (tertiary alicyclic amines) is 1. The van der Waals surface area contributed by atoms with Crippen molar-refractivity contribution in [1.29, 1.82) is 5.26 Å². The summed E-state index contributed by atoms with van der Waals surface area (Å²) in [6, 6.07) is 9.13. The second-order valence-corrected chi connectivity index (χ2v) is 15.8. The molecule has 250 valence electrons. The second-order valence-electron chi connectivity index (χ2n) is 13.6. The van der Waals surface area contributed by atoms with E-state index in [1.807, 2.05) is 51.3 Å². The van der Waals surface area contributed by atoms with Gasteiger partial charge in [0.15, 0.2) is 5.69 Å². The number of nitrogens with one attached hydrogen (secondary N) is 1. The highest BCUT2D eigenvalue weighted by atomic mass is 32.2. The number of nitriles is 1. The minimum Gasteiger partial charge on any atom is -0.444 e. The van der Waals surface area contributed by atoms with Crippen LogP contribution in [0.5, 0.6) is 0 Å². The van der Waals surface area contributed by atoms with E-state index in [0.29, 0.717) is 68.3 Å². The highest BCUT2D eigenvalue weighted by Crippen LogP contribution is 2.54. The van der Waals surface area contributed by atoms with Crippen molar-refractivity contribution in [2.24, 2.45) is 7.05 Å². The van der Waals surface area contributed by atoms with E-state index in [2.05, 4.69) is 30.3 Å². The summed E-state index contributed by atoms with van der Waals surface area (Å²) in [5.41, 5.74) is 2.38. The highest BCUT2D eigenvalue weighted by Gasteiger charge is 2.50. The minimum absolute atomic E-state index is 0.0000109. The Morgan fingerprint density at radius 1 is 1.13 bits per heavy atom. The van der Waals surface area contributed by atoms with Gasteiger partial charge in [-0.1, -0.05) is 26.0 Å². The Kier molecular flexibility index (Phi) is 10.8. The lowest BCUT2D eigenvalue weighted by Crippen LogP contribution is -2.56. The highest BCUT2D eigenvalue weighted by molar-refractivity contribution is 8.02. The fraction of sp³-hybridized carbons (Fsp3) is 0.618. The molecule has 2 aliphatic heterocycles. The molecule has 1 aromatic carbocycles. The number of rotatable bonds is 10. The van der Waals surface area contributed by atoms with E-state index in [1.54, 1.807) is 36.2 Å². The van der Waals surface area contributed by atoms with Crippen LogP contribution in [0, 0.1) is 11.3 Å². The van der Waals surface area contributed by atoms with Gasteiger partial charge in [0.05, 0.1) is 37.4 Å². The molecule has 0 bridgehead atoms. The fourth-order valence-corrected chi connectivity index (χ4v) is 7.43. The summed E-state index contributed by atoms with van der Waals surface area (Å²) >= 11 is 1.88. The number of benzene rings is 1. The van der Waals surface area contributed by atoms with E-state index in [-0.39, 0.29) is 33.5 Å². The Bertz CT molecular complexity index is 1460. The normalized spacial score (nSPS) is 17.2. The molecule has 3 amide bonds. The zero-order chi connectivity index (χ0) is 33.9. The fourth-order valence-electron chi connectivity index (χ4n) is 5.60. The molecular formula is C34H48N6O5S. The van der Waals surface area contributed by atoms with Crippen LogP contribution in [-0.2, 0) is 29.5 Å². The number of aryl methyl sites for hydroxylation is 1. The Balaban J connectivity index is 0.00000235. The van der Waals surface area contributed by atoms with Crippen molar-refractivity contribution in [3.8, 4) is 6.07 Å². The van der Waals surface area contributed by atoms with Crippen LogP contribution in [0.2, 0.25) is 0 Å². The number of amides is 3. The Morgan fingerprint density at radius 3 is 2.37 bits per heavy atom. The van der Waals surface area contributed by atoms with Crippen LogP contribution in [0.4, 0.5) is 4.79 Å². The third-order valence-corrected chi connectivity index (χ3v) is 9.60. The maximum Gasteiger partial charge on any atom is 0.410 e. The molecule has 5 rings (SSSR count). The van der Waals surface area contributed by atoms with Crippen LogP contribution >= 0.6 is 11.8 Å². The molecule has 0 spiro atoms. The number of carbonyl (C=O) groups excluding carboxylic acids is 3. The van der Waals surface area contributed by atoms with Gasteiger partial charge in [0.1, 0.15) is 11.3 Å². The smallest absolute Gasteiger partial charge is 0.410 e. The monoisotopic (exact) mass is 652 g/mol. The first-order chi connectivity index (χ1) is 21.7. The molecule has 1 saturated carbocycles. The van der Waals surface area contributed by atoms with Gasteiger partial charge in [-0.05, 0) is 71.6 Å². The molecule has 1 N–H and O–H groups in total. The summed E-state index contributed by atoms with van der Waals surface area (Å²) in [5.74, 6) is -0.408. The molecule has 2 fully saturated rings. The van der Waals surface area contributed by atoms with Crippen LogP contribution in [0.15, 0.2) is 24.3 Å². The van der Waals surface area contributed by atoms with Gasteiger partial charge in [-0.15, -0.1) is 11.8 Å². The molecule has 11 nitrogen and oxygen atoms in total. The summed E-state index contributed by atoms with van der Waals surface area (Å²) in [6.45, 7) is 17.0. The third kappa shape index (κ3) is 8.62. The number of thioether (sulfide) groups is 1. The van der Waals surface area contributed by atoms with E-state index in [4.69, 9.17) is 14.7 Å². The molecule has 2 aromatic rings. The molecule has 0 unspecified atom stereocenters. The molecule has 1 aromatic heterocycles. The van der Waals surface area contributed by atoms with E-state index < -0.39 is 5.60 Å². The zero-order valence-corrected chi connectivity index (χ0v) is 29.3. The van der Waals surface area contributed by atoms with Crippen molar-refractivity contribution >= 4 is 29.7 Å². The maximum atomic E-state index is 13.6. The topological polar surface area (TPSA) is 130 Å². The van der Waals surface area contributed by atoms with Crippen molar-refractivity contribution in [2.75, 3.05) is 32.8 Å². The first-order valence-electron chi connectivity index (χ1n) is 16.1. The number of ether oxygens (including phenoxy) is 2. The Morgan fingerprint density at radius 2 is 1.78 bits per heavy atom. The van der Waals surface area contributed by atoms with Crippen molar-refractivity contribution in [3.05, 3.63) is 52.3 Å². The quantitative estimate of drug-likeness (QED) is 0.383. The predicted molar refractivity (Wildman–Crippen MR) is 178 cm³/mol. The van der Waals surface area contributed by atoms with E-state index in [0.717, 1.165) is 18.4 Å². The first-order valence-corrected chi connectivity index (χ1v) is 16.9. The lowest BCUT2D eigenvalue weighted by atomic mass is 10.0. The molecule has 12 heteroatoms. The van der Waals surface area contributed by atoms with Gasteiger partial charge in [0.25, 0.3) is 11.8 Å². The van der Waals surface area contributed by atoms with Crippen LogP contribution in [0.25, 0.3) is 0 Å². The molecule has 46 heavy (non-hydrogen) atoms. The SMILES string of the molecule is CC.Cn1nc(C(=O)NCc2ccc(C#N)cc2)c2c1C(=O)N(CC1(SC(C)(C)COC3CN(C(=O)OC(C)(C)C)C3)CC1)CC2. The van der Waals surface area contributed by atoms with Crippen LogP contribution in [0.1, 0.15) is 99.0 Å². The summed E-state index contributed by atoms with van der Waals surface area (Å²) in [4.78, 5) is 42.5. The molecule has 1 aliphatic carbocycles. The average molecular weight is 653 g/mol. The number of aromatic nitrogens is 2. The number of carbonyl (C=O) groups is 3. The molecular weight excluding hydrogens is 604 g/mol.